The van der Waals surface area contributed by atoms with Gasteiger partial charge in [-0.05, 0) is 31.1 Å². The lowest BCUT2D eigenvalue weighted by molar-refractivity contribution is 1.66. The topological polar surface area (TPSA) is 0 Å². The molecule has 0 bridgehead atoms. The molecule has 0 aromatic heterocycles. The molecule has 0 amide bonds. The molecule has 6 aromatic carbocycles. The molecular formula is C38H36Si2. The van der Waals surface area contributed by atoms with Gasteiger partial charge in [-0.25, -0.2) is 0 Å². The Morgan fingerprint density at radius 2 is 0.350 bits per heavy atom. The molecule has 196 valence electrons. The van der Waals surface area contributed by atoms with E-state index in [0.717, 1.165) is 0 Å². The van der Waals surface area contributed by atoms with Gasteiger partial charge >= 0.3 is 0 Å². The maximum atomic E-state index is 2.44. The number of hydrogen-bond donors (Lipinski definition) is 0. The highest BCUT2D eigenvalue weighted by Gasteiger charge is 2.34. The summed E-state index contributed by atoms with van der Waals surface area (Å²) < 4.78 is 0. The zero-order valence-electron chi connectivity index (χ0n) is 23.3. The van der Waals surface area contributed by atoms with Crippen LogP contribution in [0.1, 0.15) is 0 Å². The Balaban J connectivity index is 0.000000161. The van der Waals surface area contributed by atoms with Crippen molar-refractivity contribution in [2.75, 3.05) is 0 Å². The van der Waals surface area contributed by atoms with Crippen LogP contribution in [0.2, 0.25) is 13.1 Å². The predicted molar refractivity (Wildman–Crippen MR) is 180 cm³/mol. The van der Waals surface area contributed by atoms with Gasteiger partial charge in [-0.15, -0.1) is 0 Å². The van der Waals surface area contributed by atoms with E-state index < -0.39 is 16.1 Å². The van der Waals surface area contributed by atoms with Gasteiger partial charge < -0.3 is 0 Å². The minimum absolute atomic E-state index is 1.46. The van der Waals surface area contributed by atoms with Crippen LogP contribution in [0.3, 0.4) is 0 Å². The van der Waals surface area contributed by atoms with Crippen molar-refractivity contribution in [2.24, 2.45) is 0 Å². The lowest BCUT2D eigenvalue weighted by atomic mass is 10.3. The Hall–Kier alpha value is -4.25. The van der Waals surface area contributed by atoms with Crippen LogP contribution in [0.15, 0.2) is 182 Å². The van der Waals surface area contributed by atoms with Crippen LogP contribution < -0.4 is 31.1 Å². The van der Waals surface area contributed by atoms with Crippen molar-refractivity contribution in [2.45, 2.75) is 13.1 Å². The van der Waals surface area contributed by atoms with E-state index in [1.165, 1.54) is 31.1 Å². The largest absolute Gasteiger partial charge is 0.145 e. The van der Waals surface area contributed by atoms with Crippen molar-refractivity contribution in [3.63, 3.8) is 0 Å². The molecule has 0 atom stereocenters. The van der Waals surface area contributed by atoms with Crippen LogP contribution in [0.5, 0.6) is 0 Å². The first kappa shape index (κ1) is 27.3. The van der Waals surface area contributed by atoms with Gasteiger partial charge in [0, 0.05) is 0 Å². The molecule has 0 spiro atoms. The zero-order valence-corrected chi connectivity index (χ0v) is 25.3. The quantitative estimate of drug-likeness (QED) is 0.189. The molecule has 0 heterocycles. The lowest BCUT2D eigenvalue weighted by Gasteiger charge is -2.29. The molecule has 0 unspecified atom stereocenters. The minimum atomic E-state index is -1.88. The molecule has 6 aromatic rings. The molecule has 0 aliphatic rings. The Labute approximate surface area is 241 Å². The molecule has 0 aliphatic carbocycles. The van der Waals surface area contributed by atoms with Gasteiger partial charge in [0.25, 0.3) is 0 Å². The second-order valence-corrected chi connectivity index (χ2v) is 18.4. The van der Waals surface area contributed by atoms with Crippen LogP contribution in [-0.2, 0) is 0 Å². The molecule has 0 radical (unpaired) electrons. The molecule has 0 saturated carbocycles. The molecular weight excluding hydrogens is 513 g/mol. The molecule has 2 heteroatoms. The summed E-state index contributed by atoms with van der Waals surface area (Å²) in [6, 6.07) is 65.5. The van der Waals surface area contributed by atoms with Gasteiger partial charge in [-0.3, -0.25) is 0 Å². The van der Waals surface area contributed by atoms with E-state index in [-0.39, 0.29) is 0 Å². The highest BCUT2D eigenvalue weighted by Crippen LogP contribution is 2.08. The first-order chi connectivity index (χ1) is 19.6. The summed E-state index contributed by atoms with van der Waals surface area (Å²) in [5.41, 5.74) is 0. The summed E-state index contributed by atoms with van der Waals surface area (Å²) in [7, 11) is -3.76. The average molecular weight is 549 g/mol. The fraction of sp³-hybridized carbons (Fsp3) is 0.0526. The molecule has 0 saturated heterocycles. The second-order valence-electron chi connectivity index (χ2n) is 10.4. The summed E-state index contributed by atoms with van der Waals surface area (Å²) in [5, 5.41) is 8.74. The van der Waals surface area contributed by atoms with Gasteiger partial charge in [0.1, 0.15) is 16.1 Å². The first-order valence-corrected chi connectivity index (χ1v) is 19.0. The van der Waals surface area contributed by atoms with Gasteiger partial charge in [0.15, 0.2) is 0 Å². The third kappa shape index (κ3) is 5.69. The molecule has 0 nitrogen and oxygen atoms in total. The normalized spacial score (nSPS) is 11.2. The summed E-state index contributed by atoms with van der Waals surface area (Å²) in [6.45, 7) is 4.88. The first-order valence-electron chi connectivity index (χ1n) is 14.0. The summed E-state index contributed by atoms with van der Waals surface area (Å²) in [6.07, 6.45) is 0. The van der Waals surface area contributed by atoms with Crippen molar-refractivity contribution in [3.05, 3.63) is 182 Å². The fourth-order valence-corrected chi connectivity index (χ4v) is 12.8. The smallest absolute Gasteiger partial charge is 0.0624 e. The second kappa shape index (κ2) is 12.7. The highest BCUT2D eigenvalue weighted by molar-refractivity contribution is 7.11. The highest BCUT2D eigenvalue weighted by atomic mass is 28.3. The molecule has 0 fully saturated rings. The molecule has 0 N–H and O–H groups in total. The Morgan fingerprint density at radius 3 is 0.475 bits per heavy atom. The predicted octanol–water partition coefficient (Wildman–Crippen LogP) is 5.57. The fourth-order valence-electron chi connectivity index (χ4n) is 5.63. The number of benzene rings is 6. The molecule has 6 rings (SSSR count). The Morgan fingerprint density at radius 1 is 0.225 bits per heavy atom. The summed E-state index contributed by atoms with van der Waals surface area (Å²) >= 11 is 0. The van der Waals surface area contributed by atoms with E-state index in [9.17, 15) is 0 Å². The van der Waals surface area contributed by atoms with Gasteiger partial charge in [-0.1, -0.05) is 195 Å². The SMILES string of the molecule is C[Si](c1ccccc1)(c1ccccc1)c1ccccc1.C[Si](c1ccccc1)(c1ccccc1)c1ccccc1. The molecule has 0 aliphatic heterocycles. The zero-order chi connectivity index (χ0) is 27.7. The van der Waals surface area contributed by atoms with E-state index in [1.807, 2.05) is 0 Å². The van der Waals surface area contributed by atoms with E-state index in [1.54, 1.807) is 0 Å². The van der Waals surface area contributed by atoms with Gasteiger partial charge in [0.05, 0.1) is 0 Å². The van der Waals surface area contributed by atoms with Crippen LogP contribution in [-0.4, -0.2) is 16.1 Å². The lowest BCUT2D eigenvalue weighted by Crippen LogP contribution is -2.64. The van der Waals surface area contributed by atoms with Crippen LogP contribution in [0.25, 0.3) is 0 Å². The van der Waals surface area contributed by atoms with Crippen molar-refractivity contribution in [1.29, 1.82) is 0 Å². The third-order valence-corrected chi connectivity index (χ3v) is 17.0. The van der Waals surface area contributed by atoms with Crippen LogP contribution in [0, 0.1) is 0 Å². The van der Waals surface area contributed by atoms with Crippen LogP contribution in [0.4, 0.5) is 0 Å². The van der Waals surface area contributed by atoms with E-state index in [4.69, 9.17) is 0 Å². The van der Waals surface area contributed by atoms with E-state index in [2.05, 4.69) is 195 Å². The maximum Gasteiger partial charge on any atom is 0.145 e. The molecule has 40 heavy (non-hydrogen) atoms. The maximum absolute atomic E-state index is 2.44. The van der Waals surface area contributed by atoms with Crippen molar-refractivity contribution in [3.8, 4) is 0 Å². The van der Waals surface area contributed by atoms with Crippen molar-refractivity contribution in [1.82, 2.24) is 0 Å². The Bertz CT molecular complexity index is 1250. The minimum Gasteiger partial charge on any atom is -0.0624 e. The van der Waals surface area contributed by atoms with Crippen molar-refractivity contribution >= 4 is 47.3 Å². The monoisotopic (exact) mass is 548 g/mol. The van der Waals surface area contributed by atoms with Gasteiger partial charge in [-0.2, -0.15) is 0 Å². The summed E-state index contributed by atoms with van der Waals surface area (Å²) in [4.78, 5) is 0. The Kier molecular flexibility index (Phi) is 8.70. The third-order valence-electron chi connectivity index (χ3n) is 8.11. The average Bonchev–Trinajstić information content (AvgIpc) is 3.07. The standard InChI is InChI=1S/2C19H18Si/c2*1-20(17-11-5-2-6-12-17,18-13-7-3-8-14-18)19-15-9-4-10-16-19/h2*2-16H,1H3. The van der Waals surface area contributed by atoms with Crippen LogP contribution >= 0.6 is 0 Å². The number of hydrogen-bond acceptors (Lipinski definition) is 0. The number of rotatable bonds is 6. The summed E-state index contributed by atoms with van der Waals surface area (Å²) in [5.74, 6) is 0. The van der Waals surface area contributed by atoms with E-state index >= 15 is 0 Å². The van der Waals surface area contributed by atoms with E-state index in [0.29, 0.717) is 0 Å². The van der Waals surface area contributed by atoms with Gasteiger partial charge in [0.2, 0.25) is 0 Å². The van der Waals surface area contributed by atoms with Crippen molar-refractivity contribution < 1.29 is 0 Å².